The first-order valence-electron chi connectivity index (χ1n) is 3.86. The fourth-order valence-electron chi connectivity index (χ4n) is 0.847. The molecule has 0 aromatic heterocycles. The van der Waals surface area contributed by atoms with Crippen molar-refractivity contribution in [3.8, 4) is 0 Å². The number of hydrogen-bond acceptors (Lipinski definition) is 1. The number of nitrogens with zero attached hydrogens (tertiary/aromatic N) is 2. The highest BCUT2D eigenvalue weighted by molar-refractivity contribution is 6.04. The quantitative estimate of drug-likeness (QED) is 0.478. The summed E-state index contributed by atoms with van der Waals surface area (Å²) < 4.78 is 0. The van der Waals surface area contributed by atoms with Gasteiger partial charge in [-0.05, 0) is 0 Å². The SMILES string of the molecule is CN=C(N)N=C(N)c1ccccc1. The number of rotatable bonds is 1. The largest absolute Gasteiger partial charge is 0.383 e. The van der Waals surface area contributed by atoms with Gasteiger partial charge in [-0.1, -0.05) is 30.3 Å². The lowest BCUT2D eigenvalue weighted by Gasteiger charge is -1.98. The van der Waals surface area contributed by atoms with E-state index in [2.05, 4.69) is 9.98 Å². The van der Waals surface area contributed by atoms with E-state index in [0.717, 1.165) is 5.56 Å². The van der Waals surface area contributed by atoms with Gasteiger partial charge < -0.3 is 11.5 Å². The Hall–Kier alpha value is -1.84. The van der Waals surface area contributed by atoms with Crippen molar-refractivity contribution in [1.29, 1.82) is 0 Å². The zero-order valence-electron chi connectivity index (χ0n) is 7.44. The summed E-state index contributed by atoms with van der Waals surface area (Å²) in [6.07, 6.45) is 0. The van der Waals surface area contributed by atoms with Crippen LogP contribution in [0.3, 0.4) is 0 Å². The van der Waals surface area contributed by atoms with Crippen LogP contribution in [0, 0.1) is 0 Å². The molecule has 0 atom stereocenters. The van der Waals surface area contributed by atoms with Crippen LogP contribution < -0.4 is 11.5 Å². The first-order valence-corrected chi connectivity index (χ1v) is 3.86. The van der Waals surface area contributed by atoms with E-state index < -0.39 is 0 Å². The van der Waals surface area contributed by atoms with E-state index in [4.69, 9.17) is 11.5 Å². The molecule has 13 heavy (non-hydrogen) atoms. The van der Waals surface area contributed by atoms with Crippen molar-refractivity contribution in [2.75, 3.05) is 7.05 Å². The molecule has 0 saturated heterocycles. The summed E-state index contributed by atoms with van der Waals surface area (Å²) in [5.41, 5.74) is 11.9. The number of amidine groups is 1. The lowest BCUT2D eigenvalue weighted by atomic mass is 10.2. The smallest absolute Gasteiger partial charge is 0.217 e. The molecule has 1 aromatic rings. The lowest BCUT2D eigenvalue weighted by molar-refractivity contribution is 1.34. The lowest BCUT2D eigenvalue weighted by Crippen LogP contribution is -2.19. The molecular weight excluding hydrogens is 164 g/mol. The molecule has 68 valence electrons. The van der Waals surface area contributed by atoms with E-state index in [9.17, 15) is 0 Å². The fourth-order valence-corrected chi connectivity index (χ4v) is 0.847. The summed E-state index contributed by atoms with van der Waals surface area (Å²) in [5, 5.41) is 0. The van der Waals surface area contributed by atoms with Gasteiger partial charge in [-0.15, -0.1) is 0 Å². The van der Waals surface area contributed by atoms with Crippen molar-refractivity contribution >= 4 is 11.8 Å². The Kier molecular flexibility index (Phi) is 3.03. The Morgan fingerprint density at radius 3 is 2.31 bits per heavy atom. The highest BCUT2D eigenvalue weighted by Gasteiger charge is 1.96. The summed E-state index contributed by atoms with van der Waals surface area (Å²) in [6, 6.07) is 9.41. The summed E-state index contributed by atoms with van der Waals surface area (Å²) in [5.74, 6) is 0.560. The fraction of sp³-hybridized carbons (Fsp3) is 0.111. The highest BCUT2D eigenvalue weighted by Crippen LogP contribution is 1.97. The van der Waals surface area contributed by atoms with Crippen LogP contribution in [0.1, 0.15) is 5.56 Å². The predicted molar refractivity (Wildman–Crippen MR) is 54.7 cm³/mol. The molecule has 0 saturated carbocycles. The van der Waals surface area contributed by atoms with Gasteiger partial charge >= 0.3 is 0 Å². The average Bonchev–Trinajstić information content (AvgIpc) is 2.19. The summed E-state index contributed by atoms with van der Waals surface area (Å²) in [6.45, 7) is 0. The van der Waals surface area contributed by atoms with Gasteiger partial charge in [-0.3, -0.25) is 4.99 Å². The molecule has 0 fully saturated rings. The number of guanidine groups is 1. The van der Waals surface area contributed by atoms with Crippen LogP contribution in [0.2, 0.25) is 0 Å². The minimum absolute atomic E-state index is 0.182. The van der Waals surface area contributed by atoms with Crippen molar-refractivity contribution in [2.24, 2.45) is 21.5 Å². The maximum Gasteiger partial charge on any atom is 0.217 e. The molecular formula is C9H12N4. The Morgan fingerprint density at radius 1 is 1.15 bits per heavy atom. The molecule has 0 aliphatic carbocycles. The van der Waals surface area contributed by atoms with E-state index in [1.54, 1.807) is 7.05 Å². The van der Waals surface area contributed by atoms with Gasteiger partial charge in [0, 0.05) is 12.6 Å². The van der Waals surface area contributed by atoms with Gasteiger partial charge in [0.15, 0.2) is 0 Å². The van der Waals surface area contributed by atoms with Crippen molar-refractivity contribution in [1.82, 2.24) is 0 Å². The number of benzene rings is 1. The topological polar surface area (TPSA) is 76.8 Å². The van der Waals surface area contributed by atoms with Crippen LogP contribution in [0.15, 0.2) is 40.3 Å². The van der Waals surface area contributed by atoms with Gasteiger partial charge in [0.1, 0.15) is 5.84 Å². The number of nitrogens with two attached hydrogens (primary N) is 2. The van der Waals surface area contributed by atoms with Crippen molar-refractivity contribution in [2.45, 2.75) is 0 Å². The monoisotopic (exact) mass is 176 g/mol. The number of aliphatic imine (C=N–C) groups is 2. The molecule has 1 rings (SSSR count). The second-order valence-electron chi connectivity index (χ2n) is 2.44. The summed E-state index contributed by atoms with van der Waals surface area (Å²) in [7, 11) is 1.57. The minimum Gasteiger partial charge on any atom is -0.383 e. The van der Waals surface area contributed by atoms with E-state index in [1.165, 1.54) is 0 Å². The molecule has 4 heteroatoms. The first-order chi connectivity index (χ1) is 6.24. The maximum absolute atomic E-state index is 5.66. The van der Waals surface area contributed by atoms with E-state index in [-0.39, 0.29) is 5.96 Å². The van der Waals surface area contributed by atoms with Gasteiger partial charge in [0.25, 0.3) is 0 Å². The molecule has 0 heterocycles. The van der Waals surface area contributed by atoms with Gasteiger partial charge in [0.05, 0.1) is 0 Å². The van der Waals surface area contributed by atoms with Gasteiger partial charge in [0.2, 0.25) is 5.96 Å². The summed E-state index contributed by atoms with van der Waals surface area (Å²) >= 11 is 0. The van der Waals surface area contributed by atoms with Crippen LogP contribution >= 0.6 is 0 Å². The molecule has 4 nitrogen and oxygen atoms in total. The Bertz CT molecular complexity index is 327. The predicted octanol–water partition coefficient (Wildman–Crippen LogP) is 0.336. The standard InChI is InChI=1S/C9H12N4/c1-12-9(11)13-8(10)7-5-3-2-4-6-7/h2-6H,1H3,(H4,10,11,12,13). The molecule has 0 unspecified atom stereocenters. The molecule has 1 aromatic carbocycles. The van der Waals surface area contributed by atoms with Crippen molar-refractivity contribution < 1.29 is 0 Å². The van der Waals surface area contributed by atoms with Crippen molar-refractivity contribution in [3.05, 3.63) is 35.9 Å². The van der Waals surface area contributed by atoms with Gasteiger partial charge in [-0.25, -0.2) is 0 Å². The van der Waals surface area contributed by atoms with Gasteiger partial charge in [-0.2, -0.15) is 4.99 Å². The third kappa shape index (κ3) is 2.59. The van der Waals surface area contributed by atoms with Crippen LogP contribution in [0.25, 0.3) is 0 Å². The van der Waals surface area contributed by atoms with Crippen LogP contribution in [0.5, 0.6) is 0 Å². The molecule has 0 spiro atoms. The first kappa shape index (κ1) is 9.25. The van der Waals surface area contributed by atoms with E-state index >= 15 is 0 Å². The van der Waals surface area contributed by atoms with Crippen molar-refractivity contribution in [3.63, 3.8) is 0 Å². The molecule has 0 aliphatic rings. The second kappa shape index (κ2) is 4.25. The highest BCUT2D eigenvalue weighted by atomic mass is 15.0. The Balaban J connectivity index is 2.92. The minimum atomic E-state index is 0.182. The Labute approximate surface area is 77.0 Å². The Morgan fingerprint density at radius 2 is 1.77 bits per heavy atom. The molecule has 0 radical (unpaired) electrons. The van der Waals surface area contributed by atoms with E-state index in [1.807, 2.05) is 30.3 Å². The van der Waals surface area contributed by atoms with E-state index in [0.29, 0.717) is 5.84 Å². The second-order valence-corrected chi connectivity index (χ2v) is 2.44. The average molecular weight is 176 g/mol. The zero-order valence-corrected chi connectivity index (χ0v) is 7.44. The van der Waals surface area contributed by atoms with Crippen LogP contribution in [-0.2, 0) is 0 Å². The summed E-state index contributed by atoms with van der Waals surface area (Å²) in [4.78, 5) is 7.57. The third-order valence-corrected chi connectivity index (χ3v) is 1.53. The third-order valence-electron chi connectivity index (χ3n) is 1.53. The van der Waals surface area contributed by atoms with Crippen LogP contribution in [-0.4, -0.2) is 18.8 Å². The molecule has 0 amide bonds. The molecule has 0 aliphatic heterocycles. The molecule has 4 N–H and O–H groups in total. The zero-order chi connectivity index (χ0) is 9.68. The van der Waals surface area contributed by atoms with Crippen LogP contribution in [0.4, 0.5) is 0 Å². The molecule has 0 bridgehead atoms. The maximum atomic E-state index is 5.66. The normalized spacial score (nSPS) is 13.0. The number of hydrogen-bond donors (Lipinski definition) is 2.